The van der Waals surface area contributed by atoms with Crippen LogP contribution in [0.25, 0.3) is 84.5 Å². The van der Waals surface area contributed by atoms with Gasteiger partial charge in [0.15, 0.2) is 5.58 Å². The molecule has 11 aromatic rings. The van der Waals surface area contributed by atoms with Gasteiger partial charge < -0.3 is 9.32 Å². The summed E-state index contributed by atoms with van der Waals surface area (Å²) in [5, 5.41) is 7.36. The van der Waals surface area contributed by atoms with Crippen LogP contribution in [0.3, 0.4) is 0 Å². The van der Waals surface area contributed by atoms with Gasteiger partial charge >= 0.3 is 0 Å². The standard InChI is InChI=1S/C48H29NOS2/c1-2-11-31(12-3-1)34-15-8-16-36-37-17-9-19-41(48(37)50-47(34)36)49(40-18-10-22-45-46(40)38-14-5-7-21-43(38)52-45)33-26-23-30(24-27-33)32-25-28-44-39(29-32)35-13-4-6-20-42(35)51-44/h1-29H. The van der Waals surface area contributed by atoms with Gasteiger partial charge in [-0.1, -0.05) is 121 Å². The van der Waals surface area contributed by atoms with E-state index in [2.05, 4.69) is 181 Å². The van der Waals surface area contributed by atoms with Gasteiger partial charge in [0.2, 0.25) is 0 Å². The Morgan fingerprint density at radius 2 is 0.962 bits per heavy atom. The van der Waals surface area contributed by atoms with Crippen LogP contribution in [0.15, 0.2) is 180 Å². The number of fused-ring (bicyclic) bond motifs is 9. The van der Waals surface area contributed by atoms with Gasteiger partial charge in [-0.25, -0.2) is 0 Å². The predicted molar refractivity (Wildman–Crippen MR) is 225 cm³/mol. The Bertz CT molecular complexity index is 3130. The van der Waals surface area contributed by atoms with E-state index in [1.165, 1.54) is 51.5 Å². The number of nitrogens with zero attached hydrogens (tertiary/aromatic N) is 1. The summed E-state index contributed by atoms with van der Waals surface area (Å²) in [6.07, 6.45) is 0. The molecule has 0 aliphatic carbocycles. The van der Waals surface area contributed by atoms with Gasteiger partial charge in [0.05, 0.1) is 11.4 Å². The molecular formula is C48H29NOS2. The molecule has 0 amide bonds. The van der Waals surface area contributed by atoms with Crippen molar-refractivity contribution in [1.82, 2.24) is 0 Å². The molecule has 0 fully saturated rings. The summed E-state index contributed by atoms with van der Waals surface area (Å²) in [4.78, 5) is 2.40. The largest absolute Gasteiger partial charge is 0.453 e. The van der Waals surface area contributed by atoms with Crippen molar-refractivity contribution in [3.63, 3.8) is 0 Å². The molecule has 0 atom stereocenters. The average Bonchev–Trinajstić information content (AvgIpc) is 3.90. The monoisotopic (exact) mass is 699 g/mol. The molecule has 0 radical (unpaired) electrons. The Kier molecular flexibility index (Phi) is 6.63. The fourth-order valence-electron chi connectivity index (χ4n) is 7.89. The van der Waals surface area contributed by atoms with E-state index in [-0.39, 0.29) is 0 Å². The van der Waals surface area contributed by atoms with E-state index in [0.29, 0.717) is 0 Å². The van der Waals surface area contributed by atoms with E-state index < -0.39 is 0 Å². The van der Waals surface area contributed by atoms with Crippen molar-refractivity contribution in [2.75, 3.05) is 4.90 Å². The number of hydrogen-bond acceptors (Lipinski definition) is 4. The molecule has 0 saturated heterocycles. The smallest absolute Gasteiger partial charge is 0.159 e. The van der Waals surface area contributed by atoms with Crippen LogP contribution in [0.1, 0.15) is 0 Å². The van der Waals surface area contributed by atoms with E-state index in [9.17, 15) is 0 Å². The lowest BCUT2D eigenvalue weighted by atomic mass is 10.0. The van der Waals surface area contributed by atoms with Gasteiger partial charge in [-0.05, 0) is 71.3 Å². The molecule has 8 aromatic carbocycles. The number of para-hydroxylation sites is 2. The fraction of sp³-hybridized carbons (Fsp3) is 0. The average molecular weight is 700 g/mol. The van der Waals surface area contributed by atoms with Crippen LogP contribution in [0, 0.1) is 0 Å². The quantitative estimate of drug-likeness (QED) is 0.178. The van der Waals surface area contributed by atoms with Crippen molar-refractivity contribution in [2.45, 2.75) is 0 Å². The molecule has 0 N–H and O–H groups in total. The Morgan fingerprint density at radius 1 is 0.365 bits per heavy atom. The van der Waals surface area contributed by atoms with Crippen molar-refractivity contribution < 1.29 is 4.42 Å². The van der Waals surface area contributed by atoms with Crippen molar-refractivity contribution in [3.05, 3.63) is 176 Å². The minimum Gasteiger partial charge on any atom is -0.453 e. The van der Waals surface area contributed by atoms with Crippen molar-refractivity contribution in [1.29, 1.82) is 0 Å². The second kappa shape index (κ2) is 11.7. The Balaban J connectivity index is 1.13. The number of benzene rings is 8. The van der Waals surface area contributed by atoms with E-state index in [0.717, 1.165) is 50.1 Å². The maximum Gasteiger partial charge on any atom is 0.159 e. The number of furan rings is 1. The fourth-order valence-corrected chi connectivity index (χ4v) is 10.1. The van der Waals surface area contributed by atoms with Crippen molar-refractivity contribution >= 4 is 102 Å². The number of hydrogen-bond donors (Lipinski definition) is 0. The number of anilines is 3. The first kappa shape index (κ1) is 29.5. The summed E-state index contributed by atoms with van der Waals surface area (Å²) in [6, 6.07) is 63.6. The molecular weight excluding hydrogens is 671 g/mol. The Morgan fingerprint density at radius 3 is 1.81 bits per heavy atom. The van der Waals surface area contributed by atoms with Crippen molar-refractivity contribution in [3.8, 4) is 22.3 Å². The van der Waals surface area contributed by atoms with Crippen LogP contribution in [-0.2, 0) is 0 Å². The molecule has 3 aromatic heterocycles. The van der Waals surface area contributed by atoms with Gasteiger partial charge in [0, 0.05) is 62.4 Å². The summed E-state index contributed by atoms with van der Waals surface area (Å²) in [5.74, 6) is 0. The number of thiophene rings is 2. The number of rotatable bonds is 5. The first-order chi connectivity index (χ1) is 25.8. The molecule has 2 nitrogen and oxygen atoms in total. The topological polar surface area (TPSA) is 16.4 Å². The second-order valence-electron chi connectivity index (χ2n) is 13.2. The lowest BCUT2D eigenvalue weighted by molar-refractivity contribution is 0.670. The lowest BCUT2D eigenvalue weighted by Crippen LogP contribution is -2.10. The zero-order valence-corrected chi connectivity index (χ0v) is 29.5. The van der Waals surface area contributed by atoms with Gasteiger partial charge in [0.25, 0.3) is 0 Å². The summed E-state index contributed by atoms with van der Waals surface area (Å²) < 4.78 is 12.2. The van der Waals surface area contributed by atoms with E-state index in [1.807, 2.05) is 22.7 Å². The normalized spacial score (nSPS) is 11.8. The van der Waals surface area contributed by atoms with Crippen LogP contribution in [0.5, 0.6) is 0 Å². The van der Waals surface area contributed by atoms with Crippen molar-refractivity contribution in [2.24, 2.45) is 0 Å². The zero-order valence-electron chi connectivity index (χ0n) is 27.9. The lowest BCUT2D eigenvalue weighted by Gasteiger charge is -2.26. The Labute approximate surface area is 308 Å². The first-order valence-corrected chi connectivity index (χ1v) is 19.1. The molecule has 0 aliphatic heterocycles. The van der Waals surface area contributed by atoms with E-state index in [1.54, 1.807) is 0 Å². The summed E-state index contributed by atoms with van der Waals surface area (Å²) in [7, 11) is 0. The zero-order chi connectivity index (χ0) is 34.2. The third-order valence-corrected chi connectivity index (χ3v) is 12.6. The highest BCUT2D eigenvalue weighted by molar-refractivity contribution is 7.26. The first-order valence-electron chi connectivity index (χ1n) is 17.5. The maximum atomic E-state index is 7.00. The second-order valence-corrected chi connectivity index (χ2v) is 15.4. The third-order valence-electron chi connectivity index (χ3n) is 10.3. The SMILES string of the molecule is c1ccc(-c2cccc3c2oc2c(N(c4ccc(-c5ccc6sc7ccccc7c6c5)cc4)c4cccc5sc6ccccc6c45)cccc23)cc1. The molecule has 11 rings (SSSR count). The molecule has 0 unspecified atom stereocenters. The van der Waals surface area contributed by atoms with Crippen LogP contribution >= 0.6 is 22.7 Å². The molecule has 4 heteroatoms. The molecule has 0 spiro atoms. The maximum absolute atomic E-state index is 7.00. The van der Waals surface area contributed by atoms with Gasteiger partial charge in [-0.2, -0.15) is 0 Å². The molecule has 0 saturated carbocycles. The predicted octanol–water partition coefficient (Wildman–Crippen LogP) is 15.1. The van der Waals surface area contributed by atoms with E-state index in [4.69, 9.17) is 4.42 Å². The van der Waals surface area contributed by atoms with E-state index >= 15 is 0 Å². The highest BCUT2D eigenvalue weighted by Crippen LogP contribution is 2.48. The summed E-state index contributed by atoms with van der Waals surface area (Å²) >= 11 is 3.70. The summed E-state index contributed by atoms with van der Waals surface area (Å²) in [6.45, 7) is 0. The van der Waals surface area contributed by atoms with Crippen LogP contribution < -0.4 is 4.90 Å². The molecule has 244 valence electrons. The van der Waals surface area contributed by atoms with Crippen LogP contribution in [0.4, 0.5) is 17.1 Å². The minimum absolute atomic E-state index is 0.872. The molecule has 0 bridgehead atoms. The molecule has 0 aliphatic rings. The van der Waals surface area contributed by atoms with Gasteiger partial charge in [0.1, 0.15) is 5.58 Å². The highest BCUT2D eigenvalue weighted by atomic mass is 32.1. The van der Waals surface area contributed by atoms with Gasteiger partial charge in [-0.15, -0.1) is 22.7 Å². The third kappa shape index (κ3) is 4.55. The van der Waals surface area contributed by atoms with Gasteiger partial charge in [-0.3, -0.25) is 0 Å². The minimum atomic E-state index is 0.872. The Hall–Kier alpha value is -6.20. The highest BCUT2D eigenvalue weighted by Gasteiger charge is 2.23. The van der Waals surface area contributed by atoms with Crippen LogP contribution in [-0.4, -0.2) is 0 Å². The summed E-state index contributed by atoms with van der Waals surface area (Å²) in [5.41, 5.74) is 9.63. The molecule has 52 heavy (non-hydrogen) atoms. The van der Waals surface area contributed by atoms with Crippen LogP contribution in [0.2, 0.25) is 0 Å². The molecule has 3 heterocycles.